The zero-order valence-electron chi connectivity index (χ0n) is 12.5. The van der Waals surface area contributed by atoms with E-state index >= 15 is 0 Å². The Morgan fingerprint density at radius 1 is 1.21 bits per heavy atom. The number of hydrogen-bond acceptors (Lipinski definition) is 5. The second-order valence-corrected chi connectivity index (χ2v) is 5.05. The van der Waals surface area contributed by atoms with Gasteiger partial charge in [0.25, 0.3) is 5.91 Å². The van der Waals surface area contributed by atoms with Crippen LogP contribution in [0, 0.1) is 5.82 Å². The largest absolute Gasteiger partial charge is 0.387 e. The van der Waals surface area contributed by atoms with Gasteiger partial charge in [-0.1, -0.05) is 24.3 Å². The Morgan fingerprint density at radius 3 is 2.67 bits per heavy atom. The van der Waals surface area contributed by atoms with E-state index in [1.807, 2.05) is 0 Å². The van der Waals surface area contributed by atoms with Crippen molar-refractivity contribution < 1.29 is 14.3 Å². The maximum atomic E-state index is 12.9. The summed E-state index contributed by atoms with van der Waals surface area (Å²) in [5, 5.41) is 23.6. The number of aromatic nitrogens is 4. The normalized spacial score (nSPS) is 11.9. The molecule has 0 fully saturated rings. The van der Waals surface area contributed by atoms with Crippen LogP contribution < -0.4 is 5.32 Å². The van der Waals surface area contributed by atoms with E-state index in [0.717, 1.165) is 0 Å². The van der Waals surface area contributed by atoms with Crippen LogP contribution >= 0.6 is 0 Å². The highest BCUT2D eigenvalue weighted by Gasteiger charge is 2.15. The third kappa shape index (κ3) is 3.44. The van der Waals surface area contributed by atoms with Crippen molar-refractivity contribution >= 4 is 5.91 Å². The summed E-state index contributed by atoms with van der Waals surface area (Å²) in [4.78, 5) is 12.4. The maximum Gasteiger partial charge on any atom is 0.253 e. The first-order valence-electron chi connectivity index (χ1n) is 7.19. The van der Waals surface area contributed by atoms with E-state index in [-0.39, 0.29) is 18.3 Å². The third-order valence-corrected chi connectivity index (χ3v) is 3.46. The topological polar surface area (TPSA) is 92.9 Å². The minimum atomic E-state index is -0.935. The van der Waals surface area contributed by atoms with Crippen molar-refractivity contribution in [3.63, 3.8) is 0 Å². The van der Waals surface area contributed by atoms with Crippen LogP contribution in [0.25, 0.3) is 5.69 Å². The van der Waals surface area contributed by atoms with Crippen LogP contribution in [0.4, 0.5) is 4.39 Å². The molecule has 7 nitrogen and oxygen atoms in total. The number of halogens is 1. The SMILES string of the molecule is O=C(NCC(O)c1ccc(F)cc1)c1ccccc1-n1cnnn1. The molecule has 1 aromatic heterocycles. The molecule has 8 heteroatoms. The van der Waals surface area contributed by atoms with Gasteiger partial charge in [0.2, 0.25) is 0 Å². The summed E-state index contributed by atoms with van der Waals surface area (Å²) in [7, 11) is 0. The van der Waals surface area contributed by atoms with Gasteiger partial charge in [-0.05, 0) is 40.3 Å². The van der Waals surface area contributed by atoms with Crippen LogP contribution in [-0.4, -0.2) is 37.8 Å². The van der Waals surface area contributed by atoms with Gasteiger partial charge in [0.15, 0.2) is 0 Å². The number of carbonyl (C=O) groups excluding carboxylic acids is 1. The summed E-state index contributed by atoms with van der Waals surface area (Å²) in [6.07, 6.45) is 0.453. The number of nitrogens with one attached hydrogen (secondary N) is 1. The third-order valence-electron chi connectivity index (χ3n) is 3.46. The number of para-hydroxylation sites is 1. The van der Waals surface area contributed by atoms with Crippen molar-refractivity contribution in [3.8, 4) is 5.69 Å². The summed E-state index contributed by atoms with van der Waals surface area (Å²) in [6, 6.07) is 12.3. The lowest BCUT2D eigenvalue weighted by molar-refractivity contribution is 0.0916. The average Bonchev–Trinajstić information content (AvgIpc) is 3.14. The molecule has 0 aliphatic carbocycles. The molecular weight excluding hydrogens is 313 g/mol. The van der Waals surface area contributed by atoms with E-state index < -0.39 is 6.10 Å². The Kier molecular flexibility index (Phi) is 4.57. The number of tetrazole rings is 1. The van der Waals surface area contributed by atoms with Crippen LogP contribution in [0.5, 0.6) is 0 Å². The molecule has 0 saturated heterocycles. The van der Waals surface area contributed by atoms with Crippen molar-refractivity contribution in [2.75, 3.05) is 6.54 Å². The van der Waals surface area contributed by atoms with Crippen molar-refractivity contribution in [3.05, 3.63) is 71.8 Å². The summed E-state index contributed by atoms with van der Waals surface area (Å²) in [6.45, 7) is -0.00555. The molecule has 0 radical (unpaired) electrons. The number of carbonyl (C=O) groups is 1. The number of aliphatic hydroxyl groups excluding tert-OH is 1. The van der Waals surface area contributed by atoms with Gasteiger partial charge >= 0.3 is 0 Å². The first kappa shape index (κ1) is 15.8. The summed E-state index contributed by atoms with van der Waals surface area (Å²) >= 11 is 0. The van der Waals surface area contributed by atoms with Gasteiger partial charge in [0, 0.05) is 6.54 Å². The molecular formula is C16H14FN5O2. The van der Waals surface area contributed by atoms with E-state index in [2.05, 4.69) is 20.8 Å². The molecule has 1 amide bonds. The van der Waals surface area contributed by atoms with Crippen molar-refractivity contribution in [1.82, 2.24) is 25.5 Å². The molecule has 2 N–H and O–H groups in total. The molecule has 0 saturated carbocycles. The van der Waals surface area contributed by atoms with Crippen LogP contribution in [0.1, 0.15) is 22.0 Å². The molecule has 24 heavy (non-hydrogen) atoms. The van der Waals surface area contributed by atoms with Crippen LogP contribution in [0.2, 0.25) is 0 Å². The summed E-state index contributed by atoms with van der Waals surface area (Å²) in [5.41, 5.74) is 1.41. The number of benzene rings is 2. The maximum absolute atomic E-state index is 12.9. The molecule has 0 bridgehead atoms. The highest BCUT2D eigenvalue weighted by Crippen LogP contribution is 2.15. The van der Waals surface area contributed by atoms with Gasteiger partial charge < -0.3 is 10.4 Å². The molecule has 3 aromatic rings. The Labute approximate surface area is 136 Å². The average molecular weight is 327 g/mol. The minimum Gasteiger partial charge on any atom is -0.387 e. The van der Waals surface area contributed by atoms with E-state index in [4.69, 9.17) is 0 Å². The monoisotopic (exact) mass is 327 g/mol. The van der Waals surface area contributed by atoms with Gasteiger partial charge in [0.1, 0.15) is 12.1 Å². The lowest BCUT2D eigenvalue weighted by Crippen LogP contribution is -2.29. The van der Waals surface area contributed by atoms with Gasteiger partial charge in [-0.3, -0.25) is 4.79 Å². The summed E-state index contributed by atoms with van der Waals surface area (Å²) in [5.74, 6) is -0.757. The smallest absolute Gasteiger partial charge is 0.253 e. The number of amides is 1. The van der Waals surface area contributed by atoms with Crippen molar-refractivity contribution in [2.45, 2.75) is 6.10 Å². The minimum absolute atomic E-state index is 0.00555. The zero-order valence-corrected chi connectivity index (χ0v) is 12.5. The first-order valence-corrected chi connectivity index (χ1v) is 7.19. The van der Waals surface area contributed by atoms with Gasteiger partial charge in [0.05, 0.1) is 17.4 Å². The Bertz CT molecular complexity index is 821. The second-order valence-electron chi connectivity index (χ2n) is 5.05. The van der Waals surface area contributed by atoms with Gasteiger partial charge in [-0.25, -0.2) is 4.39 Å². The van der Waals surface area contributed by atoms with E-state index in [9.17, 15) is 14.3 Å². The number of nitrogens with zero attached hydrogens (tertiary/aromatic N) is 4. The fraction of sp³-hybridized carbons (Fsp3) is 0.125. The predicted octanol–water partition coefficient (Wildman–Crippen LogP) is 1.26. The van der Waals surface area contributed by atoms with Crippen molar-refractivity contribution in [2.24, 2.45) is 0 Å². The molecule has 0 aliphatic rings. The number of aliphatic hydroxyl groups is 1. The zero-order chi connectivity index (χ0) is 16.9. The van der Waals surface area contributed by atoms with Crippen molar-refractivity contribution in [1.29, 1.82) is 0 Å². The fourth-order valence-corrected chi connectivity index (χ4v) is 2.22. The first-order chi connectivity index (χ1) is 11.6. The lowest BCUT2D eigenvalue weighted by Gasteiger charge is -2.13. The van der Waals surface area contributed by atoms with Gasteiger partial charge in [-0.2, -0.15) is 4.68 Å². The van der Waals surface area contributed by atoms with Crippen LogP contribution in [-0.2, 0) is 0 Å². The Morgan fingerprint density at radius 2 is 1.96 bits per heavy atom. The standard InChI is InChI=1S/C16H14FN5O2/c17-12-7-5-11(6-8-12)15(23)9-18-16(24)13-3-1-2-4-14(13)22-10-19-20-21-22/h1-8,10,15,23H,9H2,(H,18,24). The second kappa shape index (κ2) is 6.97. The molecule has 122 valence electrons. The lowest BCUT2D eigenvalue weighted by atomic mass is 10.1. The molecule has 3 rings (SSSR count). The quantitative estimate of drug-likeness (QED) is 0.736. The molecule has 0 spiro atoms. The van der Waals surface area contributed by atoms with Gasteiger partial charge in [-0.15, -0.1) is 5.10 Å². The van der Waals surface area contributed by atoms with E-state index in [1.54, 1.807) is 24.3 Å². The Hall–Kier alpha value is -3.13. The van der Waals surface area contributed by atoms with Crippen LogP contribution in [0.3, 0.4) is 0 Å². The molecule has 1 heterocycles. The molecule has 2 aromatic carbocycles. The highest BCUT2D eigenvalue weighted by molar-refractivity contribution is 5.97. The van der Waals surface area contributed by atoms with Crippen LogP contribution in [0.15, 0.2) is 54.9 Å². The number of rotatable bonds is 5. The molecule has 0 aliphatic heterocycles. The summed E-state index contributed by atoms with van der Waals surface area (Å²) < 4.78 is 14.3. The predicted molar refractivity (Wildman–Crippen MR) is 82.8 cm³/mol. The highest BCUT2D eigenvalue weighted by atomic mass is 19.1. The Balaban J connectivity index is 1.71. The molecule has 1 unspecified atom stereocenters. The molecule has 1 atom stereocenters. The number of hydrogen-bond donors (Lipinski definition) is 2. The van der Waals surface area contributed by atoms with E-state index in [1.165, 1.54) is 35.3 Å². The fourth-order valence-electron chi connectivity index (χ4n) is 2.22. The van der Waals surface area contributed by atoms with E-state index in [0.29, 0.717) is 16.8 Å².